The maximum absolute atomic E-state index is 9.04. The number of thiophene rings is 1. The molecule has 0 aliphatic carbocycles. The molecule has 0 aliphatic heterocycles. The summed E-state index contributed by atoms with van der Waals surface area (Å²) >= 11 is 1.82. The van der Waals surface area contributed by atoms with Gasteiger partial charge in [-0.05, 0) is 35.9 Å². The van der Waals surface area contributed by atoms with Gasteiger partial charge in [-0.2, -0.15) is 0 Å². The van der Waals surface area contributed by atoms with Crippen molar-refractivity contribution in [2.75, 3.05) is 13.2 Å². The third-order valence-corrected chi connectivity index (χ3v) is 4.22. The van der Waals surface area contributed by atoms with Crippen LogP contribution in [0.5, 0.6) is 0 Å². The molecule has 1 aromatic carbocycles. The topological polar surface area (TPSA) is 23.5 Å². The quantitative estimate of drug-likeness (QED) is 0.836. The van der Waals surface area contributed by atoms with Crippen LogP contribution in [0.2, 0.25) is 0 Å². The Morgan fingerprint density at radius 3 is 2.53 bits per heavy atom. The van der Waals surface area contributed by atoms with Crippen molar-refractivity contribution in [2.24, 2.45) is 0 Å². The molecule has 0 aliphatic rings. The molecular formula is C16H21NOS. The van der Waals surface area contributed by atoms with Crippen LogP contribution in [-0.2, 0) is 13.1 Å². The van der Waals surface area contributed by atoms with Crippen LogP contribution in [0.4, 0.5) is 0 Å². The number of nitrogens with zero attached hydrogens (tertiary/aromatic N) is 1. The summed E-state index contributed by atoms with van der Waals surface area (Å²) in [4.78, 5) is 3.83. The number of aliphatic hydroxyl groups is 1. The summed E-state index contributed by atoms with van der Waals surface area (Å²) < 4.78 is 0. The Morgan fingerprint density at radius 2 is 1.89 bits per heavy atom. The van der Waals surface area contributed by atoms with Gasteiger partial charge in [0.15, 0.2) is 0 Å². The highest BCUT2D eigenvalue weighted by atomic mass is 32.1. The van der Waals surface area contributed by atoms with E-state index in [4.69, 9.17) is 5.11 Å². The molecule has 1 N–H and O–H groups in total. The Hall–Kier alpha value is -1.16. The zero-order valence-corrected chi connectivity index (χ0v) is 12.2. The molecule has 102 valence electrons. The zero-order valence-electron chi connectivity index (χ0n) is 11.4. The van der Waals surface area contributed by atoms with E-state index in [1.807, 2.05) is 17.4 Å². The normalized spacial score (nSPS) is 11.1. The van der Waals surface area contributed by atoms with Crippen molar-refractivity contribution in [2.45, 2.75) is 26.4 Å². The van der Waals surface area contributed by atoms with Crippen molar-refractivity contribution in [3.63, 3.8) is 0 Å². The summed E-state index contributed by atoms with van der Waals surface area (Å²) in [5, 5.41) is 11.2. The van der Waals surface area contributed by atoms with Crippen molar-refractivity contribution >= 4 is 11.3 Å². The molecule has 0 saturated carbocycles. The first-order valence-electron chi connectivity index (χ1n) is 6.69. The summed E-state index contributed by atoms with van der Waals surface area (Å²) in [5.74, 6) is 0. The maximum atomic E-state index is 9.04. The fraction of sp³-hybridized carbons (Fsp3) is 0.375. The monoisotopic (exact) mass is 275 g/mol. The smallest absolute Gasteiger partial charge is 0.0443 e. The van der Waals surface area contributed by atoms with Gasteiger partial charge < -0.3 is 5.11 Å². The van der Waals surface area contributed by atoms with Gasteiger partial charge in [0.05, 0.1) is 0 Å². The summed E-state index contributed by atoms with van der Waals surface area (Å²) in [7, 11) is 0. The van der Waals surface area contributed by atoms with Crippen molar-refractivity contribution < 1.29 is 5.11 Å². The van der Waals surface area contributed by atoms with E-state index in [9.17, 15) is 0 Å². The number of aliphatic hydroxyl groups excluding tert-OH is 1. The van der Waals surface area contributed by atoms with E-state index >= 15 is 0 Å². The van der Waals surface area contributed by atoms with Crippen LogP contribution in [0.3, 0.4) is 0 Å². The molecule has 0 unspecified atom stereocenters. The molecule has 0 fully saturated rings. The predicted octanol–water partition coefficient (Wildman–Crippen LogP) is 3.44. The minimum absolute atomic E-state index is 0.259. The van der Waals surface area contributed by atoms with Gasteiger partial charge in [0.1, 0.15) is 0 Å². The van der Waals surface area contributed by atoms with Gasteiger partial charge in [-0.25, -0.2) is 0 Å². The first-order chi connectivity index (χ1) is 9.29. The fourth-order valence-corrected chi connectivity index (χ4v) is 3.07. The van der Waals surface area contributed by atoms with Gasteiger partial charge in [-0.3, -0.25) is 4.90 Å². The van der Waals surface area contributed by atoms with Crippen LogP contribution in [0, 0.1) is 6.92 Å². The first kappa shape index (κ1) is 14.3. The molecule has 1 aromatic heterocycles. The standard InChI is InChI=1S/C16H21NOS/c1-14-8-11-19-16(14)13-17(9-5-10-18)12-15-6-3-2-4-7-15/h2-4,6-8,11,18H,5,9-10,12-13H2,1H3. The van der Waals surface area contributed by atoms with Gasteiger partial charge in [0.25, 0.3) is 0 Å². The number of rotatable bonds is 7. The van der Waals surface area contributed by atoms with Gasteiger partial charge in [0.2, 0.25) is 0 Å². The second-order valence-electron chi connectivity index (χ2n) is 4.80. The summed E-state index contributed by atoms with van der Waals surface area (Å²) in [6.45, 7) is 5.27. The Kier molecular flexibility index (Phi) is 5.58. The van der Waals surface area contributed by atoms with Crippen LogP contribution in [0.15, 0.2) is 41.8 Å². The molecule has 1 heterocycles. The summed E-state index contributed by atoms with van der Waals surface area (Å²) in [6.07, 6.45) is 0.831. The second-order valence-corrected chi connectivity index (χ2v) is 5.80. The molecule has 0 saturated heterocycles. The predicted molar refractivity (Wildman–Crippen MR) is 81.3 cm³/mol. The van der Waals surface area contributed by atoms with E-state index in [-0.39, 0.29) is 6.61 Å². The lowest BCUT2D eigenvalue weighted by Crippen LogP contribution is -2.24. The van der Waals surface area contributed by atoms with Crippen LogP contribution >= 0.6 is 11.3 Å². The largest absolute Gasteiger partial charge is 0.396 e. The van der Waals surface area contributed by atoms with Crippen LogP contribution in [0.1, 0.15) is 22.4 Å². The molecule has 0 bridgehead atoms. The number of hydrogen-bond acceptors (Lipinski definition) is 3. The van der Waals surface area contributed by atoms with E-state index in [1.165, 1.54) is 16.0 Å². The molecule has 2 rings (SSSR count). The van der Waals surface area contributed by atoms with Gasteiger partial charge in [-0.1, -0.05) is 30.3 Å². The van der Waals surface area contributed by atoms with Crippen molar-refractivity contribution in [1.82, 2.24) is 4.90 Å². The highest BCUT2D eigenvalue weighted by Gasteiger charge is 2.09. The van der Waals surface area contributed by atoms with Gasteiger partial charge in [-0.15, -0.1) is 11.3 Å². The molecule has 19 heavy (non-hydrogen) atoms. The highest BCUT2D eigenvalue weighted by Crippen LogP contribution is 2.19. The second kappa shape index (κ2) is 7.43. The van der Waals surface area contributed by atoms with E-state index in [0.717, 1.165) is 26.1 Å². The lowest BCUT2D eigenvalue weighted by molar-refractivity contribution is 0.213. The molecule has 3 heteroatoms. The van der Waals surface area contributed by atoms with E-state index in [0.29, 0.717) is 0 Å². The van der Waals surface area contributed by atoms with Crippen LogP contribution in [-0.4, -0.2) is 23.2 Å². The zero-order chi connectivity index (χ0) is 13.5. The van der Waals surface area contributed by atoms with E-state index in [2.05, 4.69) is 47.5 Å². The maximum Gasteiger partial charge on any atom is 0.0443 e. The third-order valence-electron chi connectivity index (χ3n) is 3.22. The SMILES string of the molecule is Cc1ccsc1CN(CCCO)Cc1ccccc1. The molecule has 0 amide bonds. The summed E-state index contributed by atoms with van der Waals surface area (Å²) in [5.41, 5.74) is 2.70. The minimum atomic E-state index is 0.259. The first-order valence-corrected chi connectivity index (χ1v) is 7.57. The minimum Gasteiger partial charge on any atom is -0.396 e. The molecular weight excluding hydrogens is 254 g/mol. The Bertz CT molecular complexity index is 481. The van der Waals surface area contributed by atoms with Crippen molar-refractivity contribution in [1.29, 1.82) is 0 Å². The average molecular weight is 275 g/mol. The summed E-state index contributed by atoms with van der Waals surface area (Å²) in [6, 6.07) is 12.7. The van der Waals surface area contributed by atoms with Gasteiger partial charge in [0, 0.05) is 31.1 Å². The van der Waals surface area contributed by atoms with Crippen LogP contribution < -0.4 is 0 Å². The fourth-order valence-electron chi connectivity index (χ4n) is 2.12. The van der Waals surface area contributed by atoms with Crippen molar-refractivity contribution in [3.8, 4) is 0 Å². The number of benzene rings is 1. The van der Waals surface area contributed by atoms with Crippen molar-refractivity contribution in [3.05, 3.63) is 57.8 Å². The van der Waals surface area contributed by atoms with Crippen LogP contribution in [0.25, 0.3) is 0 Å². The van der Waals surface area contributed by atoms with Gasteiger partial charge >= 0.3 is 0 Å². The Labute approximate surface area is 119 Å². The number of aryl methyl sites for hydroxylation is 1. The lowest BCUT2D eigenvalue weighted by atomic mass is 10.2. The lowest BCUT2D eigenvalue weighted by Gasteiger charge is -2.22. The highest BCUT2D eigenvalue weighted by molar-refractivity contribution is 7.10. The molecule has 0 atom stereocenters. The molecule has 2 aromatic rings. The Morgan fingerprint density at radius 1 is 1.11 bits per heavy atom. The Balaban J connectivity index is 2.01. The molecule has 0 spiro atoms. The number of hydrogen-bond donors (Lipinski definition) is 1. The average Bonchev–Trinajstić information content (AvgIpc) is 2.83. The third kappa shape index (κ3) is 4.46. The van der Waals surface area contributed by atoms with E-state index in [1.54, 1.807) is 0 Å². The molecule has 0 radical (unpaired) electrons. The van der Waals surface area contributed by atoms with E-state index < -0.39 is 0 Å². The molecule has 2 nitrogen and oxygen atoms in total.